The maximum atomic E-state index is 13.8. The van der Waals surface area contributed by atoms with Crippen LogP contribution < -0.4 is 5.73 Å². The van der Waals surface area contributed by atoms with E-state index in [1.165, 1.54) is 4.31 Å². The van der Waals surface area contributed by atoms with Crippen LogP contribution in [0.25, 0.3) is 0 Å². The quantitative estimate of drug-likeness (QED) is 0.774. The lowest BCUT2D eigenvalue weighted by atomic mass is 9.95. The molecule has 146 valence electrons. The number of nitrogens with zero attached hydrogens (tertiary/aromatic N) is 1. The van der Waals surface area contributed by atoms with Crippen LogP contribution in [0.5, 0.6) is 0 Å². The molecule has 0 radical (unpaired) electrons. The Labute approximate surface area is 163 Å². The van der Waals surface area contributed by atoms with Gasteiger partial charge in [-0.15, -0.1) is 12.4 Å². The fraction of sp³-hybridized carbons (Fsp3) is 0.278. The van der Waals surface area contributed by atoms with Gasteiger partial charge in [0.05, 0.1) is 17.6 Å². The van der Waals surface area contributed by atoms with E-state index in [1.54, 1.807) is 0 Å². The second-order valence-corrected chi connectivity index (χ2v) is 8.11. The van der Waals surface area contributed by atoms with Crippen molar-refractivity contribution >= 4 is 28.4 Å². The lowest BCUT2D eigenvalue weighted by Gasteiger charge is -2.17. The van der Waals surface area contributed by atoms with E-state index in [4.69, 9.17) is 5.73 Å². The van der Waals surface area contributed by atoms with E-state index in [0.29, 0.717) is 0 Å². The van der Waals surface area contributed by atoms with E-state index in [9.17, 15) is 17.6 Å². The summed E-state index contributed by atoms with van der Waals surface area (Å²) in [7, 11) is -2.85. The largest absolute Gasteiger partial charge is 0.465 e. The molecule has 6 nitrogen and oxygen atoms in total. The zero-order valence-electron chi connectivity index (χ0n) is 14.5. The number of benzene rings is 2. The van der Waals surface area contributed by atoms with Crippen molar-refractivity contribution < 1.29 is 22.3 Å². The first-order valence-corrected chi connectivity index (χ1v) is 9.46. The highest BCUT2D eigenvalue weighted by Crippen LogP contribution is 2.31. The Morgan fingerprint density at radius 2 is 1.85 bits per heavy atom. The van der Waals surface area contributed by atoms with Crippen molar-refractivity contribution in [1.29, 1.82) is 0 Å². The normalized spacial score (nSPS) is 20.1. The average Bonchev–Trinajstić information content (AvgIpc) is 3.03. The first kappa shape index (κ1) is 21.3. The van der Waals surface area contributed by atoms with E-state index in [1.807, 2.05) is 30.3 Å². The van der Waals surface area contributed by atoms with Gasteiger partial charge in [-0.2, -0.15) is 4.31 Å². The zero-order valence-corrected chi connectivity index (χ0v) is 16.2. The maximum Gasteiger partial charge on any atom is 0.337 e. The Hall–Kier alpha value is -2.00. The van der Waals surface area contributed by atoms with Gasteiger partial charge in [0.1, 0.15) is 5.82 Å². The number of methoxy groups -OCH3 is 1. The molecule has 0 amide bonds. The summed E-state index contributed by atoms with van der Waals surface area (Å²) < 4.78 is 45.5. The minimum absolute atomic E-state index is 0. The van der Waals surface area contributed by atoms with Gasteiger partial charge in [0.2, 0.25) is 10.0 Å². The second kappa shape index (κ2) is 8.35. The minimum Gasteiger partial charge on any atom is -0.465 e. The molecule has 0 saturated carbocycles. The number of ether oxygens (including phenoxy) is 1. The summed E-state index contributed by atoms with van der Waals surface area (Å²) in [6.07, 6.45) is 0. The molecule has 3 rings (SSSR count). The Morgan fingerprint density at radius 3 is 2.48 bits per heavy atom. The maximum absolute atomic E-state index is 13.8. The van der Waals surface area contributed by atoms with Crippen LogP contribution in [0.15, 0.2) is 53.4 Å². The first-order chi connectivity index (χ1) is 12.3. The summed E-state index contributed by atoms with van der Waals surface area (Å²) in [6.45, 7) is 0.309. The fourth-order valence-electron chi connectivity index (χ4n) is 3.14. The Bertz CT molecular complexity index is 924. The molecule has 0 unspecified atom stereocenters. The number of sulfonamides is 1. The number of hydrogen-bond acceptors (Lipinski definition) is 5. The number of nitrogens with two attached hydrogens (primary N) is 1. The van der Waals surface area contributed by atoms with Crippen LogP contribution >= 0.6 is 12.4 Å². The van der Waals surface area contributed by atoms with Crippen LogP contribution in [0.4, 0.5) is 4.39 Å². The number of rotatable bonds is 4. The van der Waals surface area contributed by atoms with Crippen LogP contribution in [0.2, 0.25) is 0 Å². The molecule has 1 saturated heterocycles. The summed E-state index contributed by atoms with van der Waals surface area (Å²) in [4.78, 5) is 11.3. The molecule has 1 heterocycles. The van der Waals surface area contributed by atoms with Crippen LogP contribution in [0.3, 0.4) is 0 Å². The molecule has 0 bridgehead atoms. The summed E-state index contributed by atoms with van der Waals surface area (Å²) in [5, 5.41) is 0. The van der Waals surface area contributed by atoms with Crippen LogP contribution in [-0.2, 0) is 14.8 Å². The van der Waals surface area contributed by atoms with Gasteiger partial charge in [-0.25, -0.2) is 17.6 Å². The van der Waals surface area contributed by atoms with Gasteiger partial charge < -0.3 is 10.5 Å². The van der Waals surface area contributed by atoms with Gasteiger partial charge in [0.15, 0.2) is 0 Å². The predicted octanol–water partition coefficient (Wildman–Crippen LogP) is 2.15. The van der Waals surface area contributed by atoms with Gasteiger partial charge in [0, 0.05) is 25.0 Å². The number of carbonyl (C=O) groups excluding carboxylic acids is 1. The van der Waals surface area contributed by atoms with E-state index >= 15 is 0 Å². The molecule has 1 fully saturated rings. The van der Waals surface area contributed by atoms with E-state index < -0.39 is 21.8 Å². The molecule has 0 aliphatic carbocycles. The molecule has 1 aliphatic rings. The number of hydrogen-bond donors (Lipinski definition) is 1. The Morgan fingerprint density at radius 1 is 1.19 bits per heavy atom. The third-order valence-electron chi connectivity index (χ3n) is 4.49. The highest BCUT2D eigenvalue weighted by atomic mass is 35.5. The molecule has 2 atom stereocenters. The number of esters is 1. The number of carbonyl (C=O) groups is 1. The third kappa shape index (κ3) is 4.30. The topological polar surface area (TPSA) is 89.7 Å². The molecule has 2 N–H and O–H groups in total. The van der Waals surface area contributed by atoms with Crippen molar-refractivity contribution in [2.24, 2.45) is 5.73 Å². The molecule has 9 heteroatoms. The summed E-state index contributed by atoms with van der Waals surface area (Å²) >= 11 is 0. The standard InChI is InChI=1S/C18H19FN2O4S.ClH/c1-25-18(22)13-7-14(19)9-15(8-13)26(23,24)21-10-16(17(20)11-21)12-5-3-2-4-6-12;/h2-9,16-17H,10-11,20H2,1H3;1H/t16-,17+;/m0./s1. The van der Waals surface area contributed by atoms with Crippen molar-refractivity contribution in [3.63, 3.8) is 0 Å². The van der Waals surface area contributed by atoms with Gasteiger partial charge in [0.25, 0.3) is 0 Å². The average molecular weight is 415 g/mol. The highest BCUT2D eigenvalue weighted by Gasteiger charge is 2.38. The molecule has 2 aromatic rings. The molecule has 0 spiro atoms. The molecular weight excluding hydrogens is 395 g/mol. The highest BCUT2D eigenvalue weighted by molar-refractivity contribution is 7.89. The SMILES string of the molecule is COC(=O)c1cc(F)cc(S(=O)(=O)N2C[C@@H](N)[C@H](c3ccccc3)C2)c1.Cl. The Balaban J connectivity index is 0.00000261. The van der Waals surface area contributed by atoms with Crippen LogP contribution in [0.1, 0.15) is 21.8 Å². The molecule has 2 aromatic carbocycles. The van der Waals surface area contributed by atoms with E-state index in [2.05, 4.69) is 4.74 Å². The van der Waals surface area contributed by atoms with E-state index in [0.717, 1.165) is 30.9 Å². The lowest BCUT2D eigenvalue weighted by molar-refractivity contribution is 0.0600. The van der Waals surface area contributed by atoms with Crippen LogP contribution in [-0.4, -0.2) is 44.9 Å². The van der Waals surface area contributed by atoms with Crippen molar-refractivity contribution in [1.82, 2.24) is 4.31 Å². The molecular formula is C18H20ClFN2O4S. The summed E-state index contributed by atoms with van der Waals surface area (Å²) in [5.41, 5.74) is 6.94. The van der Waals surface area contributed by atoms with Crippen molar-refractivity contribution in [2.45, 2.75) is 16.9 Å². The van der Waals surface area contributed by atoms with Crippen molar-refractivity contribution in [3.8, 4) is 0 Å². The first-order valence-electron chi connectivity index (χ1n) is 8.02. The summed E-state index contributed by atoms with van der Waals surface area (Å²) in [6, 6.07) is 12.0. The molecule has 0 aromatic heterocycles. The monoisotopic (exact) mass is 414 g/mol. The predicted molar refractivity (Wildman–Crippen MR) is 101 cm³/mol. The Kier molecular flexibility index (Phi) is 6.59. The van der Waals surface area contributed by atoms with Gasteiger partial charge >= 0.3 is 5.97 Å². The summed E-state index contributed by atoms with van der Waals surface area (Å²) in [5.74, 6) is -1.78. The van der Waals surface area contributed by atoms with E-state index in [-0.39, 0.29) is 47.9 Å². The zero-order chi connectivity index (χ0) is 18.9. The number of halogens is 2. The van der Waals surface area contributed by atoms with Gasteiger partial charge in [-0.1, -0.05) is 30.3 Å². The van der Waals surface area contributed by atoms with Gasteiger partial charge in [-0.3, -0.25) is 0 Å². The molecule has 1 aliphatic heterocycles. The fourth-order valence-corrected chi connectivity index (χ4v) is 4.70. The second-order valence-electron chi connectivity index (χ2n) is 6.17. The minimum atomic E-state index is -3.99. The third-order valence-corrected chi connectivity index (χ3v) is 6.30. The van der Waals surface area contributed by atoms with Gasteiger partial charge in [-0.05, 0) is 23.8 Å². The van der Waals surface area contributed by atoms with Crippen molar-refractivity contribution in [3.05, 3.63) is 65.5 Å². The van der Waals surface area contributed by atoms with Crippen LogP contribution in [0, 0.1) is 5.82 Å². The lowest BCUT2D eigenvalue weighted by Crippen LogP contribution is -2.32. The molecule has 27 heavy (non-hydrogen) atoms. The smallest absolute Gasteiger partial charge is 0.337 e. The van der Waals surface area contributed by atoms with Crippen molar-refractivity contribution in [2.75, 3.05) is 20.2 Å².